The van der Waals surface area contributed by atoms with Crippen molar-refractivity contribution in [2.75, 3.05) is 0 Å². The van der Waals surface area contributed by atoms with Crippen LogP contribution in [-0.4, -0.2) is 11.4 Å². The number of nitrogens with zero attached hydrogens (tertiary/aromatic N) is 2. The van der Waals surface area contributed by atoms with Crippen molar-refractivity contribution in [3.05, 3.63) is 58.7 Å². The summed E-state index contributed by atoms with van der Waals surface area (Å²) in [6, 6.07) is 13.9. The van der Waals surface area contributed by atoms with Gasteiger partial charge in [-0.3, -0.25) is 9.98 Å². The number of rotatable bonds is 21. The lowest BCUT2D eigenvalue weighted by molar-refractivity contribution is 0.616. The molecule has 0 aliphatic heterocycles. The predicted octanol–water partition coefficient (Wildman–Crippen LogP) is 12.3. The summed E-state index contributed by atoms with van der Waals surface area (Å²) in [4.78, 5) is 10.8. The van der Waals surface area contributed by atoms with Crippen molar-refractivity contribution >= 4 is 22.8 Å². The van der Waals surface area contributed by atoms with E-state index in [1.165, 1.54) is 111 Å². The third kappa shape index (κ3) is 12.5. The molecular formula is C38H60N2. The summed E-state index contributed by atoms with van der Waals surface area (Å²) >= 11 is 0. The second-order valence-electron chi connectivity index (χ2n) is 11.6. The average Bonchev–Trinajstić information content (AvgIpc) is 2.97. The molecule has 0 unspecified atom stereocenters. The van der Waals surface area contributed by atoms with Crippen molar-refractivity contribution < 1.29 is 0 Å². The largest absolute Gasteiger partial charge is 0.252 e. The molecule has 2 aromatic rings. The summed E-state index contributed by atoms with van der Waals surface area (Å²) < 4.78 is 0. The Balaban J connectivity index is 2.51. The fourth-order valence-corrected chi connectivity index (χ4v) is 5.55. The van der Waals surface area contributed by atoms with Crippen molar-refractivity contribution in [2.45, 2.75) is 157 Å². The van der Waals surface area contributed by atoms with Gasteiger partial charge in [0.15, 0.2) is 0 Å². The van der Waals surface area contributed by atoms with Crippen LogP contribution in [0, 0.1) is 0 Å². The van der Waals surface area contributed by atoms with Gasteiger partial charge in [-0.1, -0.05) is 118 Å². The summed E-state index contributed by atoms with van der Waals surface area (Å²) in [7, 11) is 0. The van der Waals surface area contributed by atoms with E-state index in [1.54, 1.807) is 0 Å². The van der Waals surface area contributed by atoms with Gasteiger partial charge in [-0.2, -0.15) is 0 Å². The van der Waals surface area contributed by atoms with Crippen molar-refractivity contribution in [2.24, 2.45) is 9.98 Å². The van der Waals surface area contributed by atoms with E-state index in [9.17, 15) is 0 Å². The molecule has 0 spiro atoms. The smallest absolute Gasteiger partial charge is 0.0639 e. The van der Waals surface area contributed by atoms with E-state index in [0.717, 1.165) is 49.9 Å². The third-order valence-electron chi connectivity index (χ3n) is 7.98. The minimum absolute atomic E-state index is 1.02. The zero-order valence-corrected chi connectivity index (χ0v) is 27.1. The van der Waals surface area contributed by atoms with Crippen LogP contribution < -0.4 is 0 Å². The topological polar surface area (TPSA) is 24.7 Å². The summed E-state index contributed by atoms with van der Waals surface area (Å²) in [6.07, 6.45) is 21.6. The van der Waals surface area contributed by atoms with Gasteiger partial charge in [0.2, 0.25) is 0 Å². The molecule has 0 bridgehead atoms. The number of hydrogen-bond donors (Lipinski definition) is 0. The van der Waals surface area contributed by atoms with Gasteiger partial charge in [-0.15, -0.1) is 0 Å². The zero-order valence-electron chi connectivity index (χ0n) is 27.1. The molecule has 0 aliphatic carbocycles. The normalized spacial score (nSPS) is 12.3. The number of aryl methyl sites for hydroxylation is 4. The lowest BCUT2D eigenvalue weighted by Gasteiger charge is -2.14. The van der Waals surface area contributed by atoms with Gasteiger partial charge in [0.05, 0.1) is 22.8 Å². The van der Waals surface area contributed by atoms with Crippen molar-refractivity contribution in [1.82, 2.24) is 0 Å². The lowest BCUT2D eigenvalue weighted by atomic mass is 9.98. The van der Waals surface area contributed by atoms with Crippen LogP contribution in [0.5, 0.6) is 0 Å². The highest BCUT2D eigenvalue weighted by molar-refractivity contribution is 6.43. The van der Waals surface area contributed by atoms with Crippen molar-refractivity contribution in [3.63, 3.8) is 0 Å². The fraction of sp³-hybridized carbons (Fsp3) is 0.632. The maximum absolute atomic E-state index is 5.40. The first-order valence-electron chi connectivity index (χ1n) is 17.0. The van der Waals surface area contributed by atoms with Gasteiger partial charge in [0, 0.05) is 0 Å². The molecule has 40 heavy (non-hydrogen) atoms. The molecule has 0 fully saturated rings. The van der Waals surface area contributed by atoms with E-state index >= 15 is 0 Å². The summed E-state index contributed by atoms with van der Waals surface area (Å²) in [5.41, 5.74) is 10.4. The Morgan fingerprint density at radius 2 is 0.975 bits per heavy atom. The van der Waals surface area contributed by atoms with Gasteiger partial charge in [-0.25, -0.2) is 0 Å². The van der Waals surface area contributed by atoms with Crippen molar-refractivity contribution in [1.29, 1.82) is 0 Å². The number of aliphatic imine (C=N–C) groups is 2. The van der Waals surface area contributed by atoms with Crippen LogP contribution in [-0.2, 0) is 25.7 Å². The quantitative estimate of drug-likeness (QED) is 0.110. The van der Waals surface area contributed by atoms with Crippen LogP contribution in [0.15, 0.2) is 46.4 Å². The zero-order chi connectivity index (χ0) is 29.0. The molecule has 0 saturated heterocycles. The van der Waals surface area contributed by atoms with E-state index in [1.807, 2.05) is 0 Å². The first kappa shape index (κ1) is 34.0. The molecule has 0 N–H and O–H groups in total. The van der Waals surface area contributed by atoms with Crippen LogP contribution in [0.4, 0.5) is 11.4 Å². The molecule has 0 radical (unpaired) electrons. The Hall–Kier alpha value is -2.22. The Morgan fingerprint density at radius 1 is 0.475 bits per heavy atom. The first-order valence-corrected chi connectivity index (χ1v) is 17.0. The Bertz CT molecular complexity index is 1010. The molecule has 222 valence electrons. The second kappa shape index (κ2) is 20.6. The molecule has 0 heterocycles. The minimum Gasteiger partial charge on any atom is -0.252 e. The average molecular weight is 545 g/mol. The SMILES string of the molecule is CCCCCCCCC(=Nc1cc(CC)cc(CC)c1)C(CCCCCC)=Nc1ccc(CCC)c(CCC)c1. The van der Waals surface area contributed by atoms with Gasteiger partial charge >= 0.3 is 0 Å². The summed E-state index contributed by atoms with van der Waals surface area (Å²) in [5, 5.41) is 0. The van der Waals surface area contributed by atoms with Gasteiger partial charge in [0.25, 0.3) is 0 Å². The second-order valence-corrected chi connectivity index (χ2v) is 11.6. The van der Waals surface area contributed by atoms with Crippen LogP contribution >= 0.6 is 0 Å². The molecule has 2 rings (SSSR count). The molecule has 0 aromatic heterocycles. The van der Waals surface area contributed by atoms with Crippen LogP contribution in [0.1, 0.15) is 154 Å². The van der Waals surface area contributed by atoms with Crippen molar-refractivity contribution in [3.8, 4) is 0 Å². The standard InChI is InChI=1S/C38H60N2/c1-7-13-15-17-18-20-24-38(40-36-28-31(11-5)27-32(12-6)29-36)37(23-19-16-14-8-2)39-35-26-25-33(21-9-3)34(30-35)22-10-4/h25-30H,7-24H2,1-6H3. The molecule has 0 amide bonds. The fourth-order valence-electron chi connectivity index (χ4n) is 5.55. The van der Waals surface area contributed by atoms with E-state index in [0.29, 0.717) is 0 Å². The molecule has 0 atom stereocenters. The highest BCUT2D eigenvalue weighted by Gasteiger charge is 2.13. The third-order valence-corrected chi connectivity index (χ3v) is 7.98. The predicted molar refractivity (Wildman–Crippen MR) is 181 cm³/mol. The highest BCUT2D eigenvalue weighted by atomic mass is 14.8. The highest BCUT2D eigenvalue weighted by Crippen LogP contribution is 2.25. The van der Waals surface area contributed by atoms with Gasteiger partial charge in [-0.05, 0) is 97.9 Å². The maximum atomic E-state index is 5.40. The Kier molecular flexibility index (Phi) is 17.5. The lowest BCUT2D eigenvalue weighted by Crippen LogP contribution is -2.14. The molecule has 2 aromatic carbocycles. The molecule has 0 aliphatic rings. The van der Waals surface area contributed by atoms with Gasteiger partial charge in [0.1, 0.15) is 0 Å². The van der Waals surface area contributed by atoms with Crippen LogP contribution in [0.3, 0.4) is 0 Å². The van der Waals surface area contributed by atoms with Crippen LogP contribution in [0.2, 0.25) is 0 Å². The monoisotopic (exact) mass is 544 g/mol. The number of unbranched alkanes of at least 4 members (excludes halogenated alkanes) is 8. The molecule has 0 saturated carbocycles. The minimum atomic E-state index is 1.02. The first-order chi connectivity index (χ1) is 19.6. The van der Waals surface area contributed by atoms with E-state index in [4.69, 9.17) is 9.98 Å². The van der Waals surface area contributed by atoms with Crippen LogP contribution in [0.25, 0.3) is 0 Å². The van der Waals surface area contributed by atoms with E-state index < -0.39 is 0 Å². The maximum Gasteiger partial charge on any atom is 0.0639 e. The molecule has 2 heteroatoms. The summed E-state index contributed by atoms with van der Waals surface area (Å²) in [6.45, 7) is 13.6. The number of benzene rings is 2. The molecule has 2 nitrogen and oxygen atoms in total. The molecular weight excluding hydrogens is 484 g/mol. The van der Waals surface area contributed by atoms with Gasteiger partial charge < -0.3 is 0 Å². The summed E-state index contributed by atoms with van der Waals surface area (Å²) in [5.74, 6) is 0. The van der Waals surface area contributed by atoms with E-state index in [-0.39, 0.29) is 0 Å². The Labute approximate surface area is 248 Å². The number of hydrogen-bond acceptors (Lipinski definition) is 2. The Morgan fingerprint density at radius 3 is 1.52 bits per heavy atom. The van der Waals surface area contributed by atoms with E-state index in [2.05, 4.69) is 77.9 Å².